The Labute approximate surface area is 177 Å². The lowest BCUT2D eigenvalue weighted by Gasteiger charge is -2.25. The minimum atomic E-state index is -4.07. The second-order valence-corrected chi connectivity index (χ2v) is 11.3. The lowest BCUT2D eigenvalue weighted by atomic mass is 10.3. The minimum absolute atomic E-state index is 0.0600. The second-order valence-electron chi connectivity index (χ2n) is 6.15. The van der Waals surface area contributed by atoms with Crippen LogP contribution in [-0.2, 0) is 31.3 Å². The molecule has 1 aliphatic heterocycles. The number of rotatable bonds is 8. The summed E-state index contributed by atoms with van der Waals surface area (Å²) >= 11 is 0.958. The molecule has 3 rings (SSSR count). The first kappa shape index (κ1) is 22.6. The molecule has 2 aromatic rings. The molecule has 0 bridgehead atoms. The molecule has 11 nitrogen and oxygen atoms in total. The van der Waals surface area contributed by atoms with E-state index in [1.54, 1.807) is 0 Å². The Hall–Kier alpha value is -2.10. The van der Waals surface area contributed by atoms with Crippen molar-refractivity contribution in [3.63, 3.8) is 0 Å². The lowest BCUT2D eigenvalue weighted by Crippen LogP contribution is -2.40. The second kappa shape index (κ2) is 8.95. The van der Waals surface area contributed by atoms with E-state index in [0.29, 0.717) is 18.1 Å². The van der Waals surface area contributed by atoms with Crippen LogP contribution in [0.1, 0.15) is 4.88 Å². The average Bonchev–Trinajstić information content (AvgIpc) is 3.22. The van der Waals surface area contributed by atoms with Crippen molar-refractivity contribution >= 4 is 37.1 Å². The number of thiophene rings is 1. The Morgan fingerprint density at radius 3 is 2.53 bits per heavy atom. The van der Waals surface area contributed by atoms with Gasteiger partial charge < -0.3 is 9.47 Å². The standard InChI is InChI=1S/C16H19N3O8S3/c1-26-15-4-3-13(10-14(15)19(20)21)29(22,23)17-11-12-2-5-16(28-12)30(24,25)18-6-8-27-9-7-18/h2-5,10,17H,6-9,11H2,1H3. The van der Waals surface area contributed by atoms with E-state index < -0.39 is 30.7 Å². The molecule has 1 aromatic heterocycles. The van der Waals surface area contributed by atoms with Gasteiger partial charge in [0.15, 0.2) is 5.75 Å². The highest BCUT2D eigenvalue weighted by Crippen LogP contribution is 2.30. The van der Waals surface area contributed by atoms with E-state index >= 15 is 0 Å². The number of nitrogens with zero attached hydrogens (tertiary/aromatic N) is 2. The molecular formula is C16H19N3O8S3. The number of morpholine rings is 1. The number of nitro groups is 1. The number of nitro benzene ring substituents is 1. The summed E-state index contributed by atoms with van der Waals surface area (Å²) in [4.78, 5) is 10.6. The molecule has 0 radical (unpaired) electrons. The van der Waals surface area contributed by atoms with Gasteiger partial charge in [0, 0.05) is 30.6 Å². The van der Waals surface area contributed by atoms with E-state index in [-0.39, 0.29) is 34.5 Å². The molecule has 1 saturated heterocycles. The SMILES string of the molecule is COc1ccc(S(=O)(=O)NCc2ccc(S(=O)(=O)N3CCOCC3)s2)cc1[N+](=O)[O-]. The smallest absolute Gasteiger partial charge is 0.312 e. The maximum absolute atomic E-state index is 12.7. The predicted octanol–water partition coefficient (Wildman–Crippen LogP) is 1.16. The number of nitrogens with one attached hydrogen (secondary N) is 1. The van der Waals surface area contributed by atoms with Crippen LogP contribution in [0, 0.1) is 10.1 Å². The molecule has 1 fully saturated rings. The zero-order valence-corrected chi connectivity index (χ0v) is 18.3. The van der Waals surface area contributed by atoms with Crippen LogP contribution < -0.4 is 9.46 Å². The molecule has 2 heterocycles. The number of ether oxygens (including phenoxy) is 2. The van der Waals surface area contributed by atoms with Crippen molar-refractivity contribution in [1.82, 2.24) is 9.03 Å². The maximum atomic E-state index is 12.7. The van der Waals surface area contributed by atoms with Crippen LogP contribution in [0.4, 0.5) is 5.69 Å². The van der Waals surface area contributed by atoms with Crippen LogP contribution in [0.15, 0.2) is 39.4 Å². The van der Waals surface area contributed by atoms with Crippen LogP contribution in [0.5, 0.6) is 5.75 Å². The number of hydrogen-bond acceptors (Lipinski definition) is 9. The van der Waals surface area contributed by atoms with Crippen molar-refractivity contribution in [2.45, 2.75) is 15.6 Å². The normalized spacial score (nSPS) is 15.8. The molecule has 1 N–H and O–H groups in total. The van der Waals surface area contributed by atoms with Crippen molar-refractivity contribution in [3.8, 4) is 5.75 Å². The quantitative estimate of drug-likeness (QED) is 0.440. The highest BCUT2D eigenvalue weighted by atomic mass is 32.2. The molecule has 0 aliphatic carbocycles. The maximum Gasteiger partial charge on any atom is 0.312 e. The van der Waals surface area contributed by atoms with E-state index in [4.69, 9.17) is 9.47 Å². The Kier molecular flexibility index (Phi) is 6.74. The first-order valence-electron chi connectivity index (χ1n) is 8.64. The molecule has 1 aliphatic rings. The molecular weight excluding hydrogens is 458 g/mol. The number of hydrogen-bond donors (Lipinski definition) is 1. The number of sulfonamides is 2. The average molecular weight is 478 g/mol. The summed E-state index contributed by atoms with van der Waals surface area (Å²) in [6.45, 7) is 1.01. The first-order chi connectivity index (χ1) is 14.1. The monoisotopic (exact) mass is 477 g/mol. The van der Waals surface area contributed by atoms with Crippen molar-refractivity contribution in [2.24, 2.45) is 0 Å². The van der Waals surface area contributed by atoms with Gasteiger partial charge in [-0.05, 0) is 24.3 Å². The summed E-state index contributed by atoms with van der Waals surface area (Å²) in [5.74, 6) is -0.0600. The Balaban J connectivity index is 1.74. The largest absolute Gasteiger partial charge is 0.490 e. The van der Waals surface area contributed by atoms with Crippen LogP contribution in [0.25, 0.3) is 0 Å². The third-order valence-electron chi connectivity index (χ3n) is 4.29. The molecule has 0 unspecified atom stereocenters. The van der Waals surface area contributed by atoms with E-state index in [1.165, 1.54) is 35.7 Å². The van der Waals surface area contributed by atoms with Gasteiger partial charge in [0.1, 0.15) is 4.21 Å². The molecule has 0 spiro atoms. The van der Waals surface area contributed by atoms with Gasteiger partial charge in [-0.2, -0.15) is 4.31 Å². The van der Waals surface area contributed by atoms with Gasteiger partial charge in [-0.3, -0.25) is 10.1 Å². The molecule has 30 heavy (non-hydrogen) atoms. The number of benzene rings is 1. The van der Waals surface area contributed by atoms with Gasteiger partial charge in [-0.1, -0.05) is 0 Å². The summed E-state index contributed by atoms with van der Waals surface area (Å²) in [6.07, 6.45) is 0. The van der Waals surface area contributed by atoms with E-state index in [1.807, 2.05) is 0 Å². The molecule has 164 valence electrons. The van der Waals surface area contributed by atoms with Gasteiger partial charge in [0.25, 0.3) is 10.0 Å². The fourth-order valence-electron chi connectivity index (χ4n) is 2.74. The van der Waals surface area contributed by atoms with E-state index in [9.17, 15) is 26.9 Å². The first-order valence-corrected chi connectivity index (χ1v) is 12.4. The summed E-state index contributed by atoms with van der Waals surface area (Å²) in [7, 11) is -6.49. The molecule has 0 amide bonds. The molecule has 14 heteroatoms. The molecule has 0 saturated carbocycles. The van der Waals surface area contributed by atoms with Crippen LogP contribution in [0.2, 0.25) is 0 Å². The highest BCUT2D eigenvalue weighted by molar-refractivity contribution is 7.91. The fourth-order valence-corrected chi connectivity index (χ4v) is 6.71. The van der Waals surface area contributed by atoms with Crippen molar-refractivity contribution in [3.05, 3.63) is 45.3 Å². The van der Waals surface area contributed by atoms with Crippen LogP contribution in [-0.4, -0.2) is 59.5 Å². The predicted molar refractivity (Wildman–Crippen MR) is 108 cm³/mol. The minimum Gasteiger partial charge on any atom is -0.490 e. The Morgan fingerprint density at radius 2 is 1.90 bits per heavy atom. The lowest BCUT2D eigenvalue weighted by molar-refractivity contribution is -0.386. The van der Waals surface area contributed by atoms with E-state index in [2.05, 4.69) is 4.72 Å². The summed E-state index contributed by atoms with van der Waals surface area (Å²) < 4.78 is 64.1. The van der Waals surface area contributed by atoms with Gasteiger partial charge in [-0.25, -0.2) is 21.6 Å². The molecule has 1 aromatic carbocycles. The Bertz CT molecular complexity index is 1140. The van der Waals surface area contributed by atoms with E-state index in [0.717, 1.165) is 17.4 Å². The summed E-state index contributed by atoms with van der Waals surface area (Å²) in [6, 6.07) is 6.25. The van der Waals surface area contributed by atoms with Gasteiger partial charge in [0.2, 0.25) is 10.0 Å². The number of methoxy groups -OCH3 is 1. The van der Waals surface area contributed by atoms with Crippen LogP contribution >= 0.6 is 11.3 Å². The van der Waals surface area contributed by atoms with Gasteiger partial charge in [-0.15, -0.1) is 11.3 Å². The zero-order chi connectivity index (χ0) is 21.9. The third-order valence-corrected chi connectivity index (χ3v) is 9.15. The zero-order valence-electron chi connectivity index (χ0n) is 15.8. The van der Waals surface area contributed by atoms with Crippen molar-refractivity contribution in [2.75, 3.05) is 33.4 Å². The van der Waals surface area contributed by atoms with Crippen molar-refractivity contribution in [1.29, 1.82) is 0 Å². The third kappa shape index (κ3) is 4.79. The Morgan fingerprint density at radius 1 is 1.20 bits per heavy atom. The summed E-state index contributed by atoms with van der Waals surface area (Å²) in [5, 5.41) is 11.1. The highest BCUT2D eigenvalue weighted by Gasteiger charge is 2.28. The summed E-state index contributed by atoms with van der Waals surface area (Å²) in [5.41, 5.74) is -0.476. The topological polar surface area (TPSA) is 145 Å². The van der Waals surface area contributed by atoms with Gasteiger partial charge in [0.05, 0.1) is 30.1 Å². The van der Waals surface area contributed by atoms with Crippen LogP contribution in [0.3, 0.4) is 0 Å². The molecule has 0 atom stereocenters. The van der Waals surface area contributed by atoms with Gasteiger partial charge >= 0.3 is 5.69 Å². The fraction of sp³-hybridized carbons (Fsp3) is 0.375. The van der Waals surface area contributed by atoms with Crippen molar-refractivity contribution < 1.29 is 31.2 Å².